The molecule has 6 heteroatoms. The number of rotatable bonds is 3. The van der Waals surface area contributed by atoms with Crippen molar-refractivity contribution in [2.75, 3.05) is 24.5 Å². The highest BCUT2D eigenvalue weighted by Gasteiger charge is 2.33. The number of aromatic nitrogens is 1. The quantitative estimate of drug-likeness (QED) is 0.823. The Morgan fingerprint density at radius 3 is 2.68 bits per heavy atom. The van der Waals surface area contributed by atoms with Crippen molar-refractivity contribution in [3.63, 3.8) is 0 Å². The minimum atomic E-state index is -0.0121. The minimum Gasteiger partial charge on any atom is -0.370 e. The van der Waals surface area contributed by atoms with Crippen molar-refractivity contribution in [2.24, 2.45) is 0 Å². The summed E-state index contributed by atoms with van der Waals surface area (Å²) >= 11 is 6.48. The fraction of sp³-hybridized carbons (Fsp3) is 0.474. The third-order valence-corrected chi connectivity index (χ3v) is 5.45. The van der Waals surface area contributed by atoms with Gasteiger partial charge >= 0.3 is 0 Å². The Hall–Kier alpha value is -2.01. The normalized spacial score (nSPS) is 20.5. The van der Waals surface area contributed by atoms with Crippen molar-refractivity contribution < 1.29 is 9.32 Å². The molecule has 2 aliphatic rings. The lowest BCUT2D eigenvalue weighted by Crippen LogP contribution is -2.30. The van der Waals surface area contributed by atoms with E-state index in [0.717, 1.165) is 49.6 Å². The van der Waals surface area contributed by atoms with E-state index in [4.69, 9.17) is 16.1 Å². The second kappa shape index (κ2) is 6.71. The van der Waals surface area contributed by atoms with Gasteiger partial charge in [0.25, 0.3) is 5.91 Å². The van der Waals surface area contributed by atoms with Gasteiger partial charge in [0.2, 0.25) is 0 Å². The number of aryl methyl sites for hydroxylation is 1. The Balaban J connectivity index is 1.56. The first kappa shape index (κ1) is 16.5. The van der Waals surface area contributed by atoms with Crippen LogP contribution in [0.5, 0.6) is 0 Å². The monoisotopic (exact) mass is 359 g/mol. The largest absolute Gasteiger partial charge is 0.370 e. The third-order valence-electron chi connectivity index (χ3n) is 5.14. The van der Waals surface area contributed by atoms with Gasteiger partial charge in [0.05, 0.1) is 16.8 Å². The van der Waals surface area contributed by atoms with E-state index in [1.165, 1.54) is 12.8 Å². The second-order valence-corrected chi connectivity index (χ2v) is 7.29. The van der Waals surface area contributed by atoms with Crippen LogP contribution in [-0.2, 0) is 0 Å². The smallest absolute Gasteiger partial charge is 0.254 e. The molecule has 1 aromatic carbocycles. The van der Waals surface area contributed by atoms with Crippen LogP contribution in [0.1, 0.15) is 53.5 Å². The first-order chi connectivity index (χ1) is 12.1. The summed E-state index contributed by atoms with van der Waals surface area (Å²) in [6, 6.07) is 7.58. The lowest BCUT2D eigenvalue weighted by molar-refractivity contribution is 0.0731. The molecule has 1 unspecified atom stereocenters. The summed E-state index contributed by atoms with van der Waals surface area (Å²) in [6.07, 6.45) is 4.28. The highest BCUT2D eigenvalue weighted by molar-refractivity contribution is 6.33. The molecule has 0 radical (unpaired) electrons. The summed E-state index contributed by atoms with van der Waals surface area (Å²) in [6.45, 7) is 4.68. The lowest BCUT2D eigenvalue weighted by atomic mass is 10.1. The van der Waals surface area contributed by atoms with Crippen LogP contribution in [0.25, 0.3) is 0 Å². The van der Waals surface area contributed by atoms with Gasteiger partial charge in [-0.1, -0.05) is 16.8 Å². The van der Waals surface area contributed by atoms with E-state index in [0.29, 0.717) is 10.6 Å². The van der Waals surface area contributed by atoms with Crippen LogP contribution < -0.4 is 4.90 Å². The second-order valence-electron chi connectivity index (χ2n) is 6.88. The minimum absolute atomic E-state index is 0.0121. The Morgan fingerprint density at radius 2 is 2.00 bits per heavy atom. The number of hydrogen-bond donors (Lipinski definition) is 0. The van der Waals surface area contributed by atoms with Gasteiger partial charge < -0.3 is 14.3 Å². The molecule has 1 atom stereocenters. The number of benzene rings is 1. The van der Waals surface area contributed by atoms with Crippen LogP contribution in [0.2, 0.25) is 5.02 Å². The average Bonchev–Trinajstić information content (AvgIpc) is 3.35. The van der Waals surface area contributed by atoms with Gasteiger partial charge in [-0.2, -0.15) is 0 Å². The molecule has 0 bridgehead atoms. The highest BCUT2D eigenvalue weighted by Crippen LogP contribution is 2.34. The molecule has 0 N–H and O–H groups in total. The zero-order valence-electron chi connectivity index (χ0n) is 14.4. The number of carbonyl (C=O) groups is 1. The summed E-state index contributed by atoms with van der Waals surface area (Å²) in [5.41, 5.74) is 2.50. The Morgan fingerprint density at radius 1 is 1.20 bits per heavy atom. The summed E-state index contributed by atoms with van der Waals surface area (Å²) < 4.78 is 5.19. The Bertz CT molecular complexity index is 783. The highest BCUT2D eigenvalue weighted by atomic mass is 35.5. The fourth-order valence-electron chi connectivity index (χ4n) is 3.88. The van der Waals surface area contributed by atoms with Gasteiger partial charge in [-0.15, -0.1) is 0 Å². The van der Waals surface area contributed by atoms with Gasteiger partial charge in [0, 0.05) is 31.3 Å². The van der Waals surface area contributed by atoms with Gasteiger partial charge in [-0.05, 0) is 50.8 Å². The number of carbonyl (C=O) groups excluding carboxylic acids is 1. The summed E-state index contributed by atoms with van der Waals surface area (Å²) in [7, 11) is 0. The molecule has 2 saturated heterocycles. The molecule has 0 aliphatic carbocycles. The molecule has 2 fully saturated rings. The zero-order valence-corrected chi connectivity index (χ0v) is 15.1. The number of anilines is 1. The average molecular weight is 360 g/mol. The lowest BCUT2D eigenvalue weighted by Gasteiger charge is -2.24. The maximum atomic E-state index is 13.0. The van der Waals surface area contributed by atoms with Crippen LogP contribution >= 0.6 is 11.6 Å². The molecule has 0 spiro atoms. The van der Waals surface area contributed by atoms with Crippen LogP contribution in [0, 0.1) is 6.92 Å². The molecular formula is C19H22ClN3O2. The summed E-state index contributed by atoms with van der Waals surface area (Å²) in [5.74, 6) is 0.783. The molecule has 0 saturated carbocycles. The van der Waals surface area contributed by atoms with E-state index < -0.39 is 0 Å². The molecular weight excluding hydrogens is 338 g/mol. The van der Waals surface area contributed by atoms with E-state index in [9.17, 15) is 4.79 Å². The molecule has 1 amide bonds. The Kier molecular flexibility index (Phi) is 4.42. The first-order valence-electron chi connectivity index (χ1n) is 8.92. The molecule has 2 aromatic rings. The number of hydrogen-bond acceptors (Lipinski definition) is 4. The van der Waals surface area contributed by atoms with Gasteiger partial charge in [-0.25, -0.2) is 0 Å². The van der Waals surface area contributed by atoms with Crippen LogP contribution in [0.15, 0.2) is 28.8 Å². The Labute approximate surface area is 152 Å². The van der Waals surface area contributed by atoms with Crippen LogP contribution in [0.4, 0.5) is 5.69 Å². The van der Waals surface area contributed by atoms with Gasteiger partial charge in [0.1, 0.15) is 11.5 Å². The maximum absolute atomic E-state index is 13.0. The topological polar surface area (TPSA) is 49.6 Å². The van der Waals surface area contributed by atoms with Gasteiger partial charge in [-0.3, -0.25) is 4.79 Å². The van der Waals surface area contributed by atoms with E-state index in [1.807, 2.05) is 30.0 Å². The van der Waals surface area contributed by atoms with Crippen molar-refractivity contribution in [1.82, 2.24) is 10.1 Å². The van der Waals surface area contributed by atoms with Crippen molar-refractivity contribution in [2.45, 2.75) is 38.6 Å². The van der Waals surface area contributed by atoms with E-state index in [-0.39, 0.29) is 11.9 Å². The summed E-state index contributed by atoms with van der Waals surface area (Å²) in [5, 5.41) is 4.76. The maximum Gasteiger partial charge on any atom is 0.254 e. The predicted octanol–water partition coefficient (Wildman–Crippen LogP) is 4.21. The predicted molar refractivity (Wildman–Crippen MR) is 97.2 cm³/mol. The van der Waals surface area contributed by atoms with Crippen LogP contribution in [0.3, 0.4) is 0 Å². The number of nitrogens with zero attached hydrogens (tertiary/aromatic N) is 3. The standard InChI is InChI=1S/C19H22ClN3O2/c1-13-11-16(21-25-13)18-5-4-10-23(18)19(24)14-6-7-17(15(20)12-14)22-8-2-3-9-22/h6-7,11-12,18H,2-5,8-10H2,1H3. The van der Waals surface area contributed by atoms with Crippen molar-refractivity contribution >= 4 is 23.2 Å². The molecule has 1 aromatic heterocycles. The fourth-order valence-corrected chi connectivity index (χ4v) is 4.18. The van der Waals surface area contributed by atoms with Crippen LogP contribution in [-0.4, -0.2) is 35.6 Å². The number of likely N-dealkylation sites (tertiary alicyclic amines) is 1. The van der Waals surface area contributed by atoms with E-state index in [2.05, 4.69) is 10.1 Å². The summed E-state index contributed by atoms with van der Waals surface area (Å²) in [4.78, 5) is 17.2. The number of amides is 1. The van der Waals surface area contributed by atoms with Crippen molar-refractivity contribution in [3.05, 3.63) is 46.3 Å². The SMILES string of the molecule is Cc1cc(C2CCCN2C(=O)c2ccc(N3CCCC3)c(Cl)c2)no1. The molecule has 4 rings (SSSR count). The molecule has 132 valence electrons. The van der Waals surface area contributed by atoms with E-state index >= 15 is 0 Å². The van der Waals surface area contributed by atoms with E-state index in [1.54, 1.807) is 6.07 Å². The zero-order chi connectivity index (χ0) is 17.4. The van der Waals surface area contributed by atoms with Gasteiger partial charge in [0.15, 0.2) is 0 Å². The molecule has 5 nitrogen and oxygen atoms in total. The molecule has 25 heavy (non-hydrogen) atoms. The van der Waals surface area contributed by atoms with Crippen molar-refractivity contribution in [1.29, 1.82) is 0 Å². The van der Waals surface area contributed by atoms with Crippen molar-refractivity contribution in [3.8, 4) is 0 Å². The number of halogens is 1. The first-order valence-corrected chi connectivity index (χ1v) is 9.30. The molecule has 3 heterocycles. The molecule has 2 aliphatic heterocycles. The third kappa shape index (κ3) is 3.13.